The molecule has 0 amide bonds. The maximum absolute atomic E-state index is 5.70. The topological polar surface area (TPSA) is 30.7 Å². The molecule has 3 nitrogen and oxygen atoms in total. The number of thiophene rings is 1. The molecule has 3 aromatic heterocycles. The van der Waals surface area contributed by atoms with E-state index in [0.29, 0.717) is 5.95 Å². The zero-order valence-electron chi connectivity index (χ0n) is 29.0. The van der Waals surface area contributed by atoms with Crippen molar-refractivity contribution >= 4 is 96.5 Å². The molecule has 0 fully saturated rings. The second-order valence-corrected chi connectivity index (χ2v) is 15.1. The lowest BCUT2D eigenvalue weighted by Gasteiger charge is -2.15. The summed E-state index contributed by atoms with van der Waals surface area (Å²) in [5.41, 5.74) is 7.52. The van der Waals surface area contributed by atoms with Crippen LogP contribution in [0.25, 0.3) is 114 Å². The van der Waals surface area contributed by atoms with Crippen LogP contribution in [0.5, 0.6) is 0 Å². The number of fused-ring (bicyclic) bond motifs is 15. The van der Waals surface area contributed by atoms with Gasteiger partial charge in [-0.3, -0.25) is 4.57 Å². The van der Waals surface area contributed by atoms with Crippen molar-refractivity contribution in [2.24, 2.45) is 0 Å². The predicted molar refractivity (Wildman–Crippen MR) is 230 cm³/mol. The fraction of sp³-hybridized carbons (Fsp3) is 0. The Hall–Kier alpha value is -6.88. The molecule has 3 heterocycles. The van der Waals surface area contributed by atoms with E-state index >= 15 is 0 Å². The number of nitrogens with zero attached hydrogens (tertiary/aromatic N) is 3. The summed E-state index contributed by atoms with van der Waals surface area (Å²) in [6, 6.07) is 63.4. The van der Waals surface area contributed by atoms with Crippen LogP contribution in [0.4, 0.5) is 0 Å². The van der Waals surface area contributed by atoms with Crippen LogP contribution in [0.2, 0.25) is 0 Å². The quantitative estimate of drug-likeness (QED) is 0.172. The molecular formula is C50H29N3S. The summed E-state index contributed by atoms with van der Waals surface area (Å²) in [7, 11) is 0. The fourth-order valence-electron chi connectivity index (χ4n) is 8.81. The van der Waals surface area contributed by atoms with Crippen molar-refractivity contribution in [3.05, 3.63) is 176 Å². The average Bonchev–Trinajstić information content (AvgIpc) is 3.81. The van der Waals surface area contributed by atoms with Gasteiger partial charge in [-0.1, -0.05) is 158 Å². The van der Waals surface area contributed by atoms with E-state index in [1.54, 1.807) is 0 Å². The molecule has 0 bridgehead atoms. The third kappa shape index (κ3) is 4.17. The van der Waals surface area contributed by atoms with Crippen molar-refractivity contribution in [3.8, 4) is 28.3 Å². The number of benzene rings is 9. The van der Waals surface area contributed by atoms with Crippen LogP contribution in [0.1, 0.15) is 0 Å². The van der Waals surface area contributed by atoms with E-state index < -0.39 is 0 Å². The van der Waals surface area contributed by atoms with E-state index in [9.17, 15) is 0 Å². The van der Waals surface area contributed by atoms with Crippen molar-refractivity contribution in [2.75, 3.05) is 0 Å². The number of rotatable bonds is 3. The molecule has 0 saturated heterocycles. The average molecular weight is 704 g/mol. The van der Waals surface area contributed by atoms with Crippen LogP contribution in [0.15, 0.2) is 176 Å². The minimum absolute atomic E-state index is 0.670. The van der Waals surface area contributed by atoms with Gasteiger partial charge in [-0.2, -0.15) is 0 Å². The fourth-order valence-corrected chi connectivity index (χ4v) is 10.1. The van der Waals surface area contributed by atoms with Crippen molar-refractivity contribution < 1.29 is 0 Å². The molecule has 250 valence electrons. The van der Waals surface area contributed by atoms with E-state index in [1.807, 2.05) is 11.3 Å². The third-order valence-electron chi connectivity index (χ3n) is 11.1. The Kier molecular flexibility index (Phi) is 6.21. The zero-order chi connectivity index (χ0) is 35.3. The Morgan fingerprint density at radius 3 is 1.85 bits per heavy atom. The molecule has 0 radical (unpaired) electrons. The highest BCUT2D eigenvalue weighted by Gasteiger charge is 2.25. The Morgan fingerprint density at radius 1 is 0.389 bits per heavy atom. The Balaban J connectivity index is 1.30. The lowest BCUT2D eigenvalue weighted by atomic mass is 9.97. The predicted octanol–water partition coefficient (Wildman–Crippen LogP) is 13.9. The van der Waals surface area contributed by atoms with Crippen LogP contribution in [0, 0.1) is 0 Å². The number of hydrogen-bond acceptors (Lipinski definition) is 3. The summed E-state index contributed by atoms with van der Waals surface area (Å²) in [6.07, 6.45) is 0. The van der Waals surface area contributed by atoms with Gasteiger partial charge in [0.25, 0.3) is 0 Å². The molecule has 0 aliphatic rings. The van der Waals surface area contributed by atoms with E-state index in [0.717, 1.165) is 44.1 Å². The van der Waals surface area contributed by atoms with E-state index in [4.69, 9.17) is 9.97 Å². The Morgan fingerprint density at radius 2 is 1.02 bits per heavy atom. The molecule has 9 aromatic carbocycles. The first kappa shape index (κ1) is 29.7. The van der Waals surface area contributed by atoms with Crippen molar-refractivity contribution in [3.63, 3.8) is 0 Å². The molecule has 0 N–H and O–H groups in total. The minimum atomic E-state index is 0.670. The summed E-state index contributed by atoms with van der Waals surface area (Å²) in [6.45, 7) is 0. The molecule has 12 rings (SSSR count). The molecular weight excluding hydrogens is 675 g/mol. The molecule has 0 unspecified atom stereocenters. The van der Waals surface area contributed by atoms with Crippen LogP contribution < -0.4 is 0 Å². The minimum Gasteiger partial charge on any atom is -0.276 e. The normalized spacial score (nSPS) is 12.1. The second kappa shape index (κ2) is 11.3. The maximum Gasteiger partial charge on any atom is 0.235 e. The summed E-state index contributed by atoms with van der Waals surface area (Å²) < 4.78 is 4.91. The molecule has 54 heavy (non-hydrogen) atoms. The molecule has 0 aliphatic carbocycles. The standard InChI is InChI=1S/C50H29N3S/c1-2-13-30(14-3-1)33-17-12-18-34(29-33)46-45-35-19-6-4-15-31(35)26-28-41(45)51-50(52-46)53-47-36-20-7-5-16-32(36)25-27-40(47)43-37-21-8-9-22-38(37)44-39-23-10-11-24-42(39)54-49(44)48(43)53/h1-29H. The Bertz CT molecular complexity index is 3500. The summed E-state index contributed by atoms with van der Waals surface area (Å²) in [4.78, 5) is 11.2. The number of hydrogen-bond donors (Lipinski definition) is 0. The highest BCUT2D eigenvalue weighted by Crippen LogP contribution is 2.49. The van der Waals surface area contributed by atoms with Crippen LogP contribution in [-0.2, 0) is 0 Å². The van der Waals surface area contributed by atoms with Gasteiger partial charge in [-0.25, -0.2) is 9.97 Å². The Labute approximate surface area is 314 Å². The smallest absolute Gasteiger partial charge is 0.235 e. The monoisotopic (exact) mass is 703 g/mol. The van der Waals surface area contributed by atoms with Crippen molar-refractivity contribution in [1.29, 1.82) is 0 Å². The van der Waals surface area contributed by atoms with Crippen LogP contribution >= 0.6 is 11.3 Å². The second-order valence-electron chi connectivity index (χ2n) is 14.1. The van der Waals surface area contributed by atoms with Crippen molar-refractivity contribution in [2.45, 2.75) is 0 Å². The summed E-state index contributed by atoms with van der Waals surface area (Å²) in [5.74, 6) is 0.670. The van der Waals surface area contributed by atoms with E-state index in [-0.39, 0.29) is 0 Å². The number of aromatic nitrogens is 3. The van der Waals surface area contributed by atoms with Gasteiger partial charge in [0.1, 0.15) is 0 Å². The SMILES string of the molecule is c1ccc(-c2cccc(-c3nc(-n4c5c6ccccc6ccc5c5c6ccccc6c6c7ccccc7sc6c54)nc4ccc5ccccc5c34)c2)cc1. The van der Waals surface area contributed by atoms with Crippen LogP contribution in [-0.4, -0.2) is 14.5 Å². The molecule has 0 spiro atoms. The van der Waals surface area contributed by atoms with Gasteiger partial charge in [-0.15, -0.1) is 11.3 Å². The largest absolute Gasteiger partial charge is 0.276 e. The third-order valence-corrected chi connectivity index (χ3v) is 12.3. The van der Waals surface area contributed by atoms with Gasteiger partial charge in [0.2, 0.25) is 5.95 Å². The zero-order valence-corrected chi connectivity index (χ0v) is 29.8. The first-order chi connectivity index (χ1) is 26.8. The molecule has 0 aliphatic heterocycles. The first-order valence-corrected chi connectivity index (χ1v) is 19.2. The van der Waals surface area contributed by atoms with Crippen molar-refractivity contribution in [1.82, 2.24) is 14.5 Å². The van der Waals surface area contributed by atoms with Gasteiger partial charge in [-0.05, 0) is 56.3 Å². The van der Waals surface area contributed by atoms with Gasteiger partial charge in [0, 0.05) is 42.6 Å². The van der Waals surface area contributed by atoms with E-state index in [2.05, 4.69) is 180 Å². The lowest BCUT2D eigenvalue weighted by Crippen LogP contribution is -2.04. The molecule has 12 aromatic rings. The highest BCUT2D eigenvalue weighted by molar-refractivity contribution is 7.27. The highest BCUT2D eigenvalue weighted by atomic mass is 32.1. The van der Waals surface area contributed by atoms with Gasteiger partial charge in [0.15, 0.2) is 0 Å². The van der Waals surface area contributed by atoms with E-state index in [1.165, 1.54) is 63.4 Å². The van der Waals surface area contributed by atoms with Gasteiger partial charge >= 0.3 is 0 Å². The molecule has 0 saturated carbocycles. The molecule has 0 atom stereocenters. The lowest BCUT2D eigenvalue weighted by molar-refractivity contribution is 1.02. The maximum atomic E-state index is 5.70. The van der Waals surface area contributed by atoms with Crippen LogP contribution in [0.3, 0.4) is 0 Å². The van der Waals surface area contributed by atoms with Gasteiger partial charge < -0.3 is 0 Å². The summed E-state index contributed by atoms with van der Waals surface area (Å²) >= 11 is 1.86. The summed E-state index contributed by atoms with van der Waals surface area (Å²) in [5, 5.41) is 13.3. The first-order valence-electron chi connectivity index (χ1n) is 18.3. The van der Waals surface area contributed by atoms with Gasteiger partial charge in [0.05, 0.1) is 26.9 Å². The molecule has 4 heteroatoms.